The van der Waals surface area contributed by atoms with Crippen LogP contribution in [-0.2, 0) is 0 Å². The predicted molar refractivity (Wildman–Crippen MR) is 92.4 cm³/mol. The summed E-state index contributed by atoms with van der Waals surface area (Å²) in [6.45, 7) is 7.33. The Hall–Kier alpha value is -1.46. The Morgan fingerprint density at radius 3 is 1.96 bits per heavy atom. The van der Waals surface area contributed by atoms with Crippen molar-refractivity contribution in [3.05, 3.63) is 17.7 Å². The van der Waals surface area contributed by atoms with E-state index in [-0.39, 0.29) is 6.04 Å². The second kappa shape index (κ2) is 7.88. The van der Waals surface area contributed by atoms with Gasteiger partial charge in [0.25, 0.3) is 0 Å². The maximum absolute atomic E-state index is 6.13. The Morgan fingerprint density at radius 2 is 1.57 bits per heavy atom. The number of piperidine rings is 1. The number of ether oxygens (including phenoxy) is 3. The maximum Gasteiger partial charge on any atom is 0.203 e. The molecule has 2 N–H and O–H groups in total. The van der Waals surface area contributed by atoms with Crippen LogP contribution in [0, 0.1) is 11.8 Å². The van der Waals surface area contributed by atoms with Crippen molar-refractivity contribution >= 4 is 0 Å². The van der Waals surface area contributed by atoms with Crippen LogP contribution < -0.4 is 19.9 Å². The predicted octanol–water partition coefficient (Wildman–Crippen LogP) is 2.69. The highest BCUT2D eigenvalue weighted by Gasteiger charge is 2.29. The minimum atomic E-state index is 0.161. The third-order valence-corrected chi connectivity index (χ3v) is 4.63. The van der Waals surface area contributed by atoms with Crippen LogP contribution in [0.3, 0.4) is 0 Å². The van der Waals surface area contributed by atoms with E-state index in [9.17, 15) is 0 Å². The third kappa shape index (κ3) is 3.90. The fraction of sp³-hybridized carbons (Fsp3) is 0.667. The summed E-state index contributed by atoms with van der Waals surface area (Å²) in [6.07, 6.45) is 1.28. The molecule has 0 aliphatic carbocycles. The Kier molecular flexibility index (Phi) is 6.13. The zero-order valence-electron chi connectivity index (χ0n) is 15.0. The Morgan fingerprint density at radius 1 is 1.04 bits per heavy atom. The molecule has 5 heteroatoms. The number of methoxy groups -OCH3 is 3. The summed E-state index contributed by atoms with van der Waals surface area (Å²) in [7, 11) is 4.90. The summed E-state index contributed by atoms with van der Waals surface area (Å²) in [5, 5.41) is 0. The number of likely N-dealkylation sites (tertiary alicyclic amines) is 1. The lowest BCUT2D eigenvalue weighted by Gasteiger charge is -2.40. The highest BCUT2D eigenvalue weighted by molar-refractivity contribution is 5.54. The first-order valence-corrected chi connectivity index (χ1v) is 8.28. The molecule has 1 aliphatic heterocycles. The van der Waals surface area contributed by atoms with Crippen molar-refractivity contribution in [2.75, 3.05) is 41.0 Å². The molecule has 0 saturated carbocycles. The van der Waals surface area contributed by atoms with Crippen LogP contribution in [0.4, 0.5) is 0 Å². The molecule has 0 spiro atoms. The molecule has 130 valence electrons. The average molecular weight is 322 g/mol. The lowest BCUT2D eigenvalue weighted by molar-refractivity contribution is 0.0981. The van der Waals surface area contributed by atoms with Crippen LogP contribution in [0.15, 0.2) is 12.1 Å². The minimum absolute atomic E-state index is 0.161. The molecule has 1 aliphatic rings. The van der Waals surface area contributed by atoms with E-state index in [1.165, 1.54) is 6.42 Å². The summed E-state index contributed by atoms with van der Waals surface area (Å²) < 4.78 is 16.4. The van der Waals surface area contributed by atoms with Crippen LogP contribution in [-0.4, -0.2) is 45.9 Å². The van der Waals surface area contributed by atoms with Gasteiger partial charge in [0.15, 0.2) is 11.5 Å². The van der Waals surface area contributed by atoms with Crippen LogP contribution in [0.25, 0.3) is 0 Å². The van der Waals surface area contributed by atoms with Crippen LogP contribution in [0.2, 0.25) is 0 Å². The number of hydrogen-bond donors (Lipinski definition) is 1. The highest BCUT2D eigenvalue weighted by Crippen LogP contribution is 2.41. The zero-order chi connectivity index (χ0) is 17.0. The van der Waals surface area contributed by atoms with Gasteiger partial charge < -0.3 is 19.9 Å². The van der Waals surface area contributed by atoms with Gasteiger partial charge in [-0.25, -0.2) is 0 Å². The molecular formula is C18H30N2O3. The van der Waals surface area contributed by atoms with Gasteiger partial charge in [0.1, 0.15) is 0 Å². The second-order valence-electron chi connectivity index (χ2n) is 6.61. The normalized spacial score (nSPS) is 23.4. The second-order valence-corrected chi connectivity index (χ2v) is 6.61. The zero-order valence-corrected chi connectivity index (χ0v) is 15.0. The number of nitrogens with two attached hydrogens (primary N) is 1. The standard InChI is InChI=1S/C18H30N2O3/c1-12-6-13(2)11-20(10-12)15(9-19)14-7-16(21-3)18(23-5)17(8-14)22-4/h7-8,12-13,15H,6,9-11,19H2,1-5H3/t12-,13+,15?. The largest absolute Gasteiger partial charge is 0.493 e. The molecular weight excluding hydrogens is 292 g/mol. The van der Waals surface area contributed by atoms with E-state index in [1.807, 2.05) is 12.1 Å². The van der Waals surface area contributed by atoms with E-state index in [4.69, 9.17) is 19.9 Å². The van der Waals surface area contributed by atoms with Crippen molar-refractivity contribution in [1.82, 2.24) is 4.90 Å². The molecule has 0 bridgehead atoms. The van der Waals surface area contributed by atoms with Gasteiger partial charge in [-0.1, -0.05) is 13.8 Å². The fourth-order valence-corrected chi connectivity index (χ4v) is 3.76. The lowest BCUT2D eigenvalue weighted by Crippen LogP contribution is -2.43. The first-order chi connectivity index (χ1) is 11.0. The molecule has 1 fully saturated rings. The Labute approximate surface area is 139 Å². The van der Waals surface area contributed by atoms with Crippen molar-refractivity contribution in [1.29, 1.82) is 0 Å². The molecule has 5 nitrogen and oxygen atoms in total. The number of benzene rings is 1. The summed E-state index contributed by atoms with van der Waals surface area (Å²) in [4.78, 5) is 2.49. The highest BCUT2D eigenvalue weighted by atomic mass is 16.5. The van der Waals surface area contributed by atoms with Gasteiger partial charge in [0.05, 0.1) is 21.3 Å². The smallest absolute Gasteiger partial charge is 0.203 e. The maximum atomic E-state index is 6.13. The first kappa shape index (κ1) is 17.9. The van der Waals surface area contributed by atoms with E-state index in [2.05, 4.69) is 18.7 Å². The Balaban J connectivity index is 2.37. The molecule has 1 unspecified atom stereocenters. The Bertz CT molecular complexity index is 486. The van der Waals surface area contributed by atoms with Gasteiger partial charge in [-0.2, -0.15) is 0 Å². The van der Waals surface area contributed by atoms with Crippen molar-refractivity contribution in [3.8, 4) is 17.2 Å². The molecule has 23 heavy (non-hydrogen) atoms. The topological polar surface area (TPSA) is 57.0 Å². The lowest BCUT2D eigenvalue weighted by atomic mass is 9.89. The van der Waals surface area contributed by atoms with Gasteiger partial charge in [-0.3, -0.25) is 4.90 Å². The molecule has 0 aromatic heterocycles. The molecule has 3 atom stereocenters. The van der Waals surface area contributed by atoms with E-state index >= 15 is 0 Å². The SMILES string of the molecule is COc1cc(C(CN)N2C[C@H](C)C[C@H](C)C2)cc(OC)c1OC. The fourth-order valence-electron chi connectivity index (χ4n) is 3.76. The van der Waals surface area contributed by atoms with Crippen molar-refractivity contribution in [2.45, 2.75) is 26.3 Å². The number of rotatable bonds is 6. The van der Waals surface area contributed by atoms with E-state index in [0.29, 0.717) is 35.6 Å². The summed E-state index contributed by atoms with van der Waals surface area (Å²) in [5.41, 5.74) is 7.24. The molecule has 2 rings (SSSR count). The van der Waals surface area contributed by atoms with E-state index in [1.54, 1.807) is 21.3 Å². The van der Waals surface area contributed by atoms with E-state index < -0.39 is 0 Å². The monoisotopic (exact) mass is 322 g/mol. The van der Waals surface area contributed by atoms with Gasteiger partial charge in [-0.05, 0) is 36.0 Å². The van der Waals surface area contributed by atoms with Crippen molar-refractivity contribution in [2.24, 2.45) is 17.6 Å². The van der Waals surface area contributed by atoms with Crippen LogP contribution in [0.1, 0.15) is 31.9 Å². The molecule has 1 aromatic rings. The van der Waals surface area contributed by atoms with Crippen LogP contribution in [0.5, 0.6) is 17.2 Å². The summed E-state index contributed by atoms with van der Waals surface area (Å²) in [6, 6.07) is 4.19. The first-order valence-electron chi connectivity index (χ1n) is 8.28. The summed E-state index contributed by atoms with van der Waals surface area (Å²) >= 11 is 0. The van der Waals surface area contributed by atoms with Gasteiger partial charge in [0, 0.05) is 25.7 Å². The van der Waals surface area contributed by atoms with Crippen molar-refractivity contribution in [3.63, 3.8) is 0 Å². The summed E-state index contributed by atoms with van der Waals surface area (Å²) in [5.74, 6) is 3.36. The van der Waals surface area contributed by atoms with Crippen molar-refractivity contribution < 1.29 is 14.2 Å². The van der Waals surface area contributed by atoms with Crippen LogP contribution >= 0.6 is 0 Å². The van der Waals surface area contributed by atoms with Gasteiger partial charge in [0.2, 0.25) is 5.75 Å². The molecule has 1 saturated heterocycles. The quantitative estimate of drug-likeness (QED) is 0.872. The average Bonchev–Trinajstić information content (AvgIpc) is 2.53. The number of nitrogens with zero attached hydrogens (tertiary/aromatic N) is 1. The van der Waals surface area contributed by atoms with Gasteiger partial charge >= 0.3 is 0 Å². The van der Waals surface area contributed by atoms with E-state index in [0.717, 1.165) is 18.7 Å². The minimum Gasteiger partial charge on any atom is -0.493 e. The third-order valence-electron chi connectivity index (χ3n) is 4.63. The molecule has 0 radical (unpaired) electrons. The molecule has 0 amide bonds. The number of hydrogen-bond acceptors (Lipinski definition) is 5. The molecule has 1 aromatic carbocycles. The van der Waals surface area contributed by atoms with Gasteiger partial charge in [-0.15, -0.1) is 0 Å². The molecule has 1 heterocycles.